The number of hydrogen-bond acceptors (Lipinski definition) is 4. The zero-order chi connectivity index (χ0) is 19.2. The number of benzene rings is 2. The van der Waals surface area contributed by atoms with E-state index in [9.17, 15) is 14.4 Å². The van der Waals surface area contributed by atoms with Gasteiger partial charge in [0.25, 0.3) is 11.5 Å². The highest BCUT2D eigenvalue weighted by Gasteiger charge is 2.15. The first-order chi connectivity index (χ1) is 13.1. The maximum Gasteiger partial charge on any atom is 0.339 e. The number of nitrogens with one attached hydrogen (secondary N) is 1. The number of esters is 1. The van der Waals surface area contributed by atoms with Gasteiger partial charge in [-0.15, -0.1) is 0 Å². The van der Waals surface area contributed by atoms with E-state index in [0.29, 0.717) is 17.8 Å². The minimum Gasteiger partial charge on any atom is -0.465 e. The number of pyridine rings is 1. The van der Waals surface area contributed by atoms with Crippen LogP contribution in [0.5, 0.6) is 0 Å². The summed E-state index contributed by atoms with van der Waals surface area (Å²) in [4.78, 5) is 36.6. The average molecular weight is 362 g/mol. The van der Waals surface area contributed by atoms with Crippen LogP contribution in [0.15, 0.2) is 77.7 Å². The molecule has 2 aromatic carbocycles. The first-order valence-corrected chi connectivity index (χ1v) is 8.31. The number of methoxy groups -OCH3 is 1. The lowest BCUT2D eigenvalue weighted by Gasteiger charge is -2.11. The molecule has 1 aromatic heterocycles. The zero-order valence-corrected chi connectivity index (χ0v) is 14.7. The number of ether oxygens (including phenoxy) is 1. The van der Waals surface area contributed by atoms with Crippen molar-refractivity contribution in [2.75, 3.05) is 12.4 Å². The van der Waals surface area contributed by atoms with E-state index in [-0.39, 0.29) is 11.1 Å². The summed E-state index contributed by atoms with van der Waals surface area (Å²) in [6.07, 6.45) is 1.51. The molecular weight excluding hydrogens is 344 g/mol. The molecule has 3 aromatic rings. The van der Waals surface area contributed by atoms with Crippen LogP contribution in [-0.4, -0.2) is 23.6 Å². The molecule has 1 heterocycles. The highest BCUT2D eigenvalue weighted by Crippen LogP contribution is 2.17. The van der Waals surface area contributed by atoms with Crippen molar-refractivity contribution in [3.8, 4) is 0 Å². The first kappa shape index (κ1) is 18.1. The maximum atomic E-state index is 12.6. The molecule has 0 unspecified atom stereocenters. The third-order valence-electron chi connectivity index (χ3n) is 4.02. The van der Waals surface area contributed by atoms with Crippen molar-refractivity contribution in [1.29, 1.82) is 0 Å². The lowest BCUT2D eigenvalue weighted by Crippen LogP contribution is -2.23. The predicted molar refractivity (Wildman–Crippen MR) is 102 cm³/mol. The number of hydrogen-bond donors (Lipinski definition) is 1. The average Bonchev–Trinajstić information content (AvgIpc) is 2.70. The van der Waals surface area contributed by atoms with Gasteiger partial charge in [0.05, 0.1) is 30.5 Å². The highest BCUT2D eigenvalue weighted by atomic mass is 16.5. The number of carbonyl (C=O) groups excluding carboxylic acids is 2. The Kier molecular flexibility index (Phi) is 5.47. The summed E-state index contributed by atoms with van der Waals surface area (Å²) in [6, 6.07) is 18.9. The summed E-state index contributed by atoms with van der Waals surface area (Å²) in [5.74, 6) is -0.965. The van der Waals surface area contributed by atoms with E-state index in [2.05, 4.69) is 5.32 Å². The molecule has 1 amide bonds. The maximum absolute atomic E-state index is 12.6. The fraction of sp³-hybridized carbons (Fsp3) is 0.0952. The molecule has 1 N–H and O–H groups in total. The van der Waals surface area contributed by atoms with Gasteiger partial charge in [0.1, 0.15) is 0 Å². The number of nitrogens with zero attached hydrogens (tertiary/aromatic N) is 1. The molecule has 0 spiro atoms. The summed E-state index contributed by atoms with van der Waals surface area (Å²) in [6.45, 7) is 0.361. The molecule has 0 fully saturated rings. The van der Waals surface area contributed by atoms with Gasteiger partial charge in [-0.1, -0.05) is 42.5 Å². The highest BCUT2D eigenvalue weighted by molar-refractivity contribution is 6.07. The molecule has 0 aliphatic rings. The number of rotatable bonds is 5. The number of amides is 1. The Bertz CT molecular complexity index is 1030. The van der Waals surface area contributed by atoms with Crippen molar-refractivity contribution >= 4 is 17.6 Å². The van der Waals surface area contributed by atoms with Crippen molar-refractivity contribution < 1.29 is 14.3 Å². The van der Waals surface area contributed by atoms with Crippen molar-refractivity contribution in [3.63, 3.8) is 0 Å². The number of anilines is 1. The second-order valence-electron chi connectivity index (χ2n) is 5.86. The second kappa shape index (κ2) is 8.14. The Hall–Kier alpha value is -3.67. The van der Waals surface area contributed by atoms with Gasteiger partial charge in [0.2, 0.25) is 0 Å². The molecule has 3 rings (SSSR count). The lowest BCUT2D eigenvalue weighted by molar-refractivity contribution is 0.0602. The van der Waals surface area contributed by atoms with Crippen LogP contribution >= 0.6 is 0 Å². The normalized spacial score (nSPS) is 10.3. The van der Waals surface area contributed by atoms with Crippen LogP contribution in [0.4, 0.5) is 5.69 Å². The van der Waals surface area contributed by atoms with Crippen molar-refractivity contribution in [2.24, 2.45) is 0 Å². The van der Waals surface area contributed by atoms with Crippen molar-refractivity contribution in [2.45, 2.75) is 6.54 Å². The van der Waals surface area contributed by atoms with Crippen LogP contribution in [0.3, 0.4) is 0 Å². The van der Waals surface area contributed by atoms with Crippen LogP contribution in [0, 0.1) is 0 Å². The third kappa shape index (κ3) is 4.30. The van der Waals surface area contributed by atoms with Crippen LogP contribution in [0.2, 0.25) is 0 Å². The summed E-state index contributed by atoms with van der Waals surface area (Å²) in [5.41, 5.74) is 1.66. The molecule has 0 saturated heterocycles. The van der Waals surface area contributed by atoms with Gasteiger partial charge in [0, 0.05) is 12.3 Å². The van der Waals surface area contributed by atoms with Gasteiger partial charge in [-0.2, -0.15) is 0 Å². The first-order valence-electron chi connectivity index (χ1n) is 8.31. The number of carbonyl (C=O) groups is 2. The second-order valence-corrected chi connectivity index (χ2v) is 5.86. The van der Waals surface area contributed by atoms with Crippen molar-refractivity contribution in [3.05, 3.63) is 100.0 Å². The Morgan fingerprint density at radius 1 is 0.963 bits per heavy atom. The van der Waals surface area contributed by atoms with E-state index in [1.165, 1.54) is 30.0 Å². The summed E-state index contributed by atoms with van der Waals surface area (Å²) in [7, 11) is 1.28. The van der Waals surface area contributed by atoms with Gasteiger partial charge in [-0.25, -0.2) is 4.79 Å². The SMILES string of the molecule is COC(=O)c1ccccc1NC(=O)c1ccc(=O)n(Cc2ccccc2)c1. The molecule has 6 nitrogen and oxygen atoms in total. The minimum absolute atomic E-state index is 0.203. The van der Waals surface area contributed by atoms with Crippen LogP contribution < -0.4 is 10.9 Å². The summed E-state index contributed by atoms with van der Waals surface area (Å²) in [5, 5.41) is 2.70. The Morgan fingerprint density at radius 2 is 1.67 bits per heavy atom. The molecule has 6 heteroatoms. The van der Waals surface area contributed by atoms with Gasteiger partial charge in [-0.05, 0) is 23.8 Å². The van der Waals surface area contributed by atoms with E-state index in [1.807, 2.05) is 30.3 Å². The quantitative estimate of drug-likeness (QED) is 0.708. The standard InChI is InChI=1S/C21H18N2O4/c1-27-21(26)17-9-5-6-10-18(17)22-20(25)16-11-12-19(24)23(14-16)13-15-7-3-2-4-8-15/h2-12,14H,13H2,1H3,(H,22,25). The van der Waals surface area contributed by atoms with Crippen LogP contribution in [-0.2, 0) is 11.3 Å². The van der Waals surface area contributed by atoms with Crippen LogP contribution in [0.1, 0.15) is 26.3 Å². The smallest absolute Gasteiger partial charge is 0.339 e. The Morgan fingerprint density at radius 3 is 2.41 bits per heavy atom. The molecule has 0 bridgehead atoms. The largest absolute Gasteiger partial charge is 0.465 e. The van der Waals surface area contributed by atoms with Gasteiger partial charge < -0.3 is 14.6 Å². The van der Waals surface area contributed by atoms with Gasteiger partial charge in [0.15, 0.2) is 0 Å². The topological polar surface area (TPSA) is 77.4 Å². The predicted octanol–water partition coefficient (Wildman–Crippen LogP) is 2.94. The third-order valence-corrected chi connectivity index (χ3v) is 4.02. The van der Waals surface area contributed by atoms with E-state index < -0.39 is 11.9 Å². The van der Waals surface area contributed by atoms with E-state index in [0.717, 1.165) is 5.56 Å². The van der Waals surface area contributed by atoms with Gasteiger partial charge in [-0.3, -0.25) is 9.59 Å². The molecular formula is C21H18N2O4. The molecule has 0 aliphatic heterocycles. The molecule has 136 valence electrons. The van der Waals surface area contributed by atoms with E-state index >= 15 is 0 Å². The lowest BCUT2D eigenvalue weighted by atomic mass is 10.1. The van der Waals surface area contributed by atoms with Gasteiger partial charge >= 0.3 is 5.97 Å². The monoisotopic (exact) mass is 362 g/mol. The zero-order valence-electron chi connectivity index (χ0n) is 14.7. The fourth-order valence-corrected chi connectivity index (χ4v) is 2.64. The Balaban J connectivity index is 1.85. The summed E-state index contributed by atoms with van der Waals surface area (Å²) >= 11 is 0. The molecule has 0 radical (unpaired) electrons. The molecule has 0 saturated carbocycles. The van der Waals surface area contributed by atoms with E-state index in [4.69, 9.17) is 4.74 Å². The minimum atomic E-state index is -0.542. The Labute approximate surface area is 156 Å². The fourth-order valence-electron chi connectivity index (χ4n) is 2.64. The molecule has 0 aliphatic carbocycles. The molecule has 0 atom stereocenters. The summed E-state index contributed by atoms with van der Waals surface area (Å²) < 4.78 is 6.20. The van der Waals surface area contributed by atoms with Crippen LogP contribution in [0.25, 0.3) is 0 Å². The number of para-hydroxylation sites is 1. The van der Waals surface area contributed by atoms with E-state index in [1.54, 1.807) is 24.3 Å². The molecule has 27 heavy (non-hydrogen) atoms. The van der Waals surface area contributed by atoms with Crippen molar-refractivity contribution in [1.82, 2.24) is 4.57 Å². The number of aromatic nitrogens is 1.